The first kappa shape index (κ1) is 19.1. The standard InChI is InChI=1S/C28H25OP/c1-28(2)24-15-9-17-26(29)22(24)19-23-25(28)16-10-18-27(23)30(20-11-5-3-6-12-20)21-13-7-4-8-14-21/h3-18,29H,19H2,1-2H3/p-1. The van der Waals surface area contributed by atoms with Crippen LogP contribution in [0.25, 0.3) is 0 Å². The van der Waals surface area contributed by atoms with Gasteiger partial charge in [0.15, 0.2) is 0 Å². The van der Waals surface area contributed by atoms with Crippen LogP contribution in [0.15, 0.2) is 97.1 Å². The highest BCUT2D eigenvalue weighted by molar-refractivity contribution is 7.79. The van der Waals surface area contributed by atoms with Crippen LogP contribution in [0, 0.1) is 0 Å². The van der Waals surface area contributed by atoms with Crippen LogP contribution in [0.2, 0.25) is 0 Å². The van der Waals surface area contributed by atoms with E-state index in [4.69, 9.17) is 0 Å². The molecule has 1 nitrogen and oxygen atoms in total. The van der Waals surface area contributed by atoms with Crippen LogP contribution in [0.1, 0.15) is 36.1 Å². The average molecular weight is 407 g/mol. The van der Waals surface area contributed by atoms with Gasteiger partial charge in [-0.2, -0.15) is 0 Å². The second-order valence-electron chi connectivity index (χ2n) is 8.39. The van der Waals surface area contributed by atoms with Crippen LogP contribution >= 0.6 is 7.92 Å². The summed E-state index contributed by atoms with van der Waals surface area (Å²) in [6, 6.07) is 34.0. The number of hydrogen-bond acceptors (Lipinski definition) is 1. The van der Waals surface area contributed by atoms with E-state index in [1.54, 1.807) is 6.07 Å². The summed E-state index contributed by atoms with van der Waals surface area (Å²) in [6.45, 7) is 4.50. The van der Waals surface area contributed by atoms with E-state index in [1.807, 2.05) is 6.07 Å². The van der Waals surface area contributed by atoms with Gasteiger partial charge < -0.3 is 5.11 Å². The lowest BCUT2D eigenvalue weighted by molar-refractivity contribution is -0.269. The monoisotopic (exact) mass is 407 g/mol. The van der Waals surface area contributed by atoms with Crippen molar-refractivity contribution in [2.45, 2.75) is 25.7 Å². The molecule has 0 spiro atoms. The number of hydrogen-bond donors (Lipinski definition) is 0. The second kappa shape index (κ2) is 7.42. The van der Waals surface area contributed by atoms with E-state index >= 15 is 0 Å². The van der Waals surface area contributed by atoms with Crippen molar-refractivity contribution in [2.75, 3.05) is 0 Å². The van der Waals surface area contributed by atoms with Crippen molar-refractivity contribution in [2.24, 2.45) is 0 Å². The third-order valence-corrected chi connectivity index (χ3v) is 8.78. The van der Waals surface area contributed by atoms with Gasteiger partial charge in [0.1, 0.15) is 0 Å². The lowest BCUT2D eigenvalue weighted by Gasteiger charge is -2.39. The quantitative estimate of drug-likeness (QED) is 0.450. The Morgan fingerprint density at radius 2 is 1.17 bits per heavy atom. The largest absolute Gasteiger partial charge is 0.872 e. The molecule has 0 saturated carbocycles. The van der Waals surface area contributed by atoms with E-state index in [1.165, 1.54) is 32.6 Å². The molecule has 0 radical (unpaired) electrons. The first-order valence-electron chi connectivity index (χ1n) is 10.4. The van der Waals surface area contributed by atoms with E-state index in [9.17, 15) is 5.11 Å². The maximum absolute atomic E-state index is 12.8. The van der Waals surface area contributed by atoms with Crippen LogP contribution < -0.4 is 21.0 Å². The molecular weight excluding hydrogens is 383 g/mol. The van der Waals surface area contributed by atoms with Crippen molar-refractivity contribution in [3.8, 4) is 5.75 Å². The number of fused-ring (bicyclic) bond motifs is 2. The molecule has 0 atom stereocenters. The molecule has 2 heteroatoms. The van der Waals surface area contributed by atoms with Crippen LogP contribution in [0.4, 0.5) is 0 Å². The van der Waals surface area contributed by atoms with Gasteiger partial charge in [-0.3, -0.25) is 0 Å². The first-order valence-corrected chi connectivity index (χ1v) is 11.7. The average Bonchev–Trinajstić information content (AvgIpc) is 2.77. The summed E-state index contributed by atoms with van der Waals surface area (Å²) in [4.78, 5) is 0. The van der Waals surface area contributed by atoms with Gasteiger partial charge in [0.2, 0.25) is 0 Å². The molecule has 1 aliphatic rings. The molecule has 0 unspecified atom stereocenters. The lowest BCUT2D eigenvalue weighted by atomic mass is 9.69. The van der Waals surface area contributed by atoms with E-state index in [-0.39, 0.29) is 11.2 Å². The Morgan fingerprint density at radius 1 is 0.633 bits per heavy atom. The summed E-state index contributed by atoms with van der Waals surface area (Å²) in [5.74, 6) is 0.157. The van der Waals surface area contributed by atoms with Gasteiger partial charge in [-0.05, 0) is 52.5 Å². The predicted molar refractivity (Wildman–Crippen MR) is 126 cm³/mol. The smallest absolute Gasteiger partial charge is 0.0152 e. The zero-order valence-electron chi connectivity index (χ0n) is 17.3. The molecule has 4 aromatic carbocycles. The Balaban J connectivity index is 1.76. The normalized spacial score (nSPS) is 14.2. The fraction of sp³-hybridized carbons (Fsp3) is 0.143. The molecule has 148 valence electrons. The summed E-state index contributed by atoms with van der Waals surface area (Å²) in [6.07, 6.45) is 0.711. The highest BCUT2D eigenvalue weighted by Crippen LogP contribution is 2.45. The Hall–Kier alpha value is -2.89. The molecule has 0 aliphatic heterocycles. The van der Waals surface area contributed by atoms with Gasteiger partial charge in [-0.15, -0.1) is 5.75 Å². The fourth-order valence-electron chi connectivity index (χ4n) is 4.79. The van der Waals surface area contributed by atoms with Gasteiger partial charge in [0, 0.05) is 5.41 Å². The van der Waals surface area contributed by atoms with Crippen LogP contribution in [-0.2, 0) is 11.8 Å². The molecule has 0 fully saturated rings. The van der Waals surface area contributed by atoms with E-state index in [0.29, 0.717) is 6.42 Å². The third-order valence-electron chi connectivity index (χ3n) is 6.25. The molecule has 0 N–H and O–H groups in total. The zero-order valence-corrected chi connectivity index (χ0v) is 18.2. The summed E-state index contributed by atoms with van der Waals surface area (Å²) < 4.78 is 0. The molecule has 0 bridgehead atoms. The highest BCUT2D eigenvalue weighted by atomic mass is 31.1. The van der Waals surface area contributed by atoms with Crippen molar-refractivity contribution >= 4 is 23.8 Å². The van der Waals surface area contributed by atoms with Crippen molar-refractivity contribution in [3.05, 3.63) is 119 Å². The third kappa shape index (κ3) is 3.06. The van der Waals surface area contributed by atoms with Gasteiger partial charge in [-0.25, -0.2) is 0 Å². The van der Waals surface area contributed by atoms with Crippen molar-refractivity contribution in [1.82, 2.24) is 0 Å². The van der Waals surface area contributed by atoms with E-state index in [2.05, 4.69) is 98.8 Å². The Kier molecular flexibility index (Phi) is 4.72. The summed E-state index contributed by atoms with van der Waals surface area (Å²) in [5, 5.41) is 16.8. The van der Waals surface area contributed by atoms with E-state index in [0.717, 1.165) is 5.56 Å². The Labute approximate surface area is 179 Å². The Bertz CT molecular complexity index is 1160. The molecule has 1 aliphatic carbocycles. The number of benzene rings is 4. The SMILES string of the molecule is CC1(C)c2cccc([O-])c2Cc2c(P(c3ccccc3)c3ccccc3)cccc21. The molecule has 5 rings (SSSR count). The molecule has 0 amide bonds. The zero-order chi connectivity index (χ0) is 20.7. The molecule has 0 saturated heterocycles. The summed E-state index contributed by atoms with van der Waals surface area (Å²) in [7, 11) is -0.703. The second-order valence-corrected chi connectivity index (χ2v) is 10.6. The predicted octanol–water partition coefficient (Wildman–Crippen LogP) is 4.75. The Morgan fingerprint density at radius 3 is 1.77 bits per heavy atom. The molecular formula is C28H24OP-. The first-order chi connectivity index (χ1) is 14.6. The summed E-state index contributed by atoms with van der Waals surface area (Å²) in [5.41, 5.74) is 4.62. The van der Waals surface area contributed by atoms with Gasteiger partial charge in [-0.1, -0.05) is 111 Å². The maximum atomic E-state index is 12.8. The van der Waals surface area contributed by atoms with Crippen molar-refractivity contribution < 1.29 is 5.11 Å². The van der Waals surface area contributed by atoms with Gasteiger partial charge in [0.05, 0.1) is 0 Å². The lowest BCUT2D eigenvalue weighted by Crippen LogP contribution is -2.33. The van der Waals surface area contributed by atoms with Crippen LogP contribution in [-0.4, -0.2) is 0 Å². The molecule has 0 aromatic heterocycles. The number of rotatable bonds is 3. The maximum Gasteiger partial charge on any atom is 0.0152 e. The fourth-order valence-corrected chi connectivity index (χ4v) is 7.29. The van der Waals surface area contributed by atoms with Crippen LogP contribution in [0.3, 0.4) is 0 Å². The van der Waals surface area contributed by atoms with Gasteiger partial charge in [0.25, 0.3) is 0 Å². The minimum atomic E-state index is -0.703. The topological polar surface area (TPSA) is 23.1 Å². The van der Waals surface area contributed by atoms with Crippen LogP contribution in [0.5, 0.6) is 5.75 Å². The van der Waals surface area contributed by atoms with Gasteiger partial charge >= 0.3 is 0 Å². The van der Waals surface area contributed by atoms with E-state index < -0.39 is 7.92 Å². The summed E-state index contributed by atoms with van der Waals surface area (Å²) >= 11 is 0. The highest BCUT2D eigenvalue weighted by Gasteiger charge is 2.34. The molecule has 30 heavy (non-hydrogen) atoms. The minimum Gasteiger partial charge on any atom is -0.872 e. The molecule has 0 heterocycles. The van der Waals surface area contributed by atoms with Crippen molar-refractivity contribution in [3.63, 3.8) is 0 Å². The minimum absolute atomic E-state index is 0.157. The van der Waals surface area contributed by atoms with Crippen molar-refractivity contribution in [1.29, 1.82) is 0 Å². The molecule has 4 aromatic rings.